The number of rotatable bonds is 3. The molecule has 0 bridgehead atoms. The van der Waals surface area contributed by atoms with Gasteiger partial charge in [-0.1, -0.05) is 11.6 Å². The molecule has 0 aliphatic rings. The first-order valence-corrected chi connectivity index (χ1v) is 4.85. The highest BCUT2D eigenvalue weighted by molar-refractivity contribution is 6.31. The Labute approximate surface area is 98.8 Å². The number of hydrogen-bond acceptors (Lipinski definition) is 1. The third kappa shape index (κ3) is 2.69. The van der Waals surface area contributed by atoms with E-state index in [1.54, 1.807) is 0 Å². The number of aliphatic hydroxyl groups is 1. The van der Waals surface area contributed by atoms with E-state index in [0.717, 1.165) is 6.07 Å². The van der Waals surface area contributed by atoms with Crippen molar-refractivity contribution in [2.24, 2.45) is 0 Å². The average Bonchev–Trinajstić information content (AvgIpc) is 2.22. The molecular formula is C10H8ClF5O. The molecule has 1 atom stereocenters. The van der Waals surface area contributed by atoms with Gasteiger partial charge in [-0.25, -0.2) is 13.2 Å². The Hall–Kier alpha value is -0.880. The van der Waals surface area contributed by atoms with Gasteiger partial charge in [0.05, 0.1) is 0 Å². The molecule has 0 fully saturated rings. The van der Waals surface area contributed by atoms with Crippen LogP contribution in [0.1, 0.15) is 17.2 Å². The fraction of sp³-hybridized carbons (Fsp3) is 0.400. The second-order valence-electron chi connectivity index (χ2n) is 3.50. The van der Waals surface area contributed by atoms with E-state index in [1.807, 2.05) is 0 Å². The maximum absolute atomic E-state index is 13.0. The van der Waals surface area contributed by atoms with Crippen LogP contribution in [0.3, 0.4) is 0 Å². The lowest BCUT2D eigenvalue weighted by molar-refractivity contribution is -0.193. The van der Waals surface area contributed by atoms with Gasteiger partial charge in [0.15, 0.2) is 0 Å². The summed E-state index contributed by atoms with van der Waals surface area (Å²) in [4.78, 5) is 0. The Morgan fingerprint density at radius 1 is 1.29 bits per heavy atom. The van der Waals surface area contributed by atoms with E-state index in [1.165, 1.54) is 6.92 Å². The Balaban J connectivity index is 3.21. The molecule has 1 rings (SSSR count). The van der Waals surface area contributed by atoms with Crippen LogP contribution in [-0.4, -0.2) is 17.5 Å². The van der Waals surface area contributed by atoms with E-state index in [2.05, 4.69) is 0 Å². The minimum absolute atomic E-state index is 0.0754. The molecule has 1 aromatic carbocycles. The largest absolute Gasteiger partial charge is 0.382 e. The number of aryl methyl sites for hydroxylation is 1. The van der Waals surface area contributed by atoms with Crippen molar-refractivity contribution in [3.8, 4) is 0 Å². The van der Waals surface area contributed by atoms with Crippen molar-refractivity contribution in [2.45, 2.75) is 25.4 Å². The summed E-state index contributed by atoms with van der Waals surface area (Å²) in [5.74, 6) is -5.42. The molecule has 1 unspecified atom stereocenters. The predicted molar refractivity (Wildman–Crippen MR) is 52.1 cm³/mol. The zero-order valence-corrected chi connectivity index (χ0v) is 9.28. The van der Waals surface area contributed by atoms with Crippen molar-refractivity contribution in [3.63, 3.8) is 0 Å². The first-order chi connectivity index (χ1) is 7.67. The minimum Gasteiger partial charge on any atom is -0.382 e. The Morgan fingerprint density at radius 3 is 2.29 bits per heavy atom. The number of aliphatic hydroxyl groups excluding tert-OH is 1. The first-order valence-electron chi connectivity index (χ1n) is 4.47. The van der Waals surface area contributed by atoms with Gasteiger partial charge >= 0.3 is 12.3 Å². The standard InChI is InChI=1S/C10H8ClF5O/c1-4-2-5(6(11)3-7(4)12)8(17)10(15,16)9(13)14/h2-3,8-9,17H,1H3. The molecule has 0 heterocycles. The van der Waals surface area contributed by atoms with Crippen LogP contribution in [0.25, 0.3) is 0 Å². The summed E-state index contributed by atoms with van der Waals surface area (Å²) in [6.45, 7) is 1.24. The van der Waals surface area contributed by atoms with Crippen molar-refractivity contribution in [2.75, 3.05) is 0 Å². The van der Waals surface area contributed by atoms with Crippen molar-refractivity contribution >= 4 is 11.6 Å². The van der Waals surface area contributed by atoms with Crippen LogP contribution in [0.5, 0.6) is 0 Å². The third-order valence-electron chi connectivity index (χ3n) is 2.23. The number of hydrogen-bond donors (Lipinski definition) is 1. The first kappa shape index (κ1) is 14.2. The average molecular weight is 275 g/mol. The van der Waals surface area contributed by atoms with E-state index in [4.69, 9.17) is 11.6 Å². The molecule has 0 spiro atoms. The van der Waals surface area contributed by atoms with Crippen molar-refractivity contribution in [1.29, 1.82) is 0 Å². The van der Waals surface area contributed by atoms with Gasteiger partial charge in [-0.2, -0.15) is 8.78 Å². The Kier molecular flexibility index (Phi) is 3.99. The molecule has 1 N–H and O–H groups in total. The van der Waals surface area contributed by atoms with Gasteiger partial charge in [-0.05, 0) is 24.6 Å². The van der Waals surface area contributed by atoms with E-state index < -0.39 is 34.9 Å². The van der Waals surface area contributed by atoms with Gasteiger partial charge < -0.3 is 5.11 Å². The molecule has 0 aliphatic heterocycles. The highest BCUT2D eigenvalue weighted by atomic mass is 35.5. The maximum atomic E-state index is 13.0. The van der Waals surface area contributed by atoms with Crippen molar-refractivity contribution in [1.82, 2.24) is 0 Å². The van der Waals surface area contributed by atoms with Gasteiger partial charge in [-0.3, -0.25) is 0 Å². The molecule has 0 aliphatic carbocycles. The minimum atomic E-state index is -4.64. The molecule has 0 saturated carbocycles. The summed E-state index contributed by atoms with van der Waals surface area (Å²) in [6, 6.07) is 1.51. The summed E-state index contributed by atoms with van der Waals surface area (Å²) < 4.78 is 62.8. The fourth-order valence-electron chi connectivity index (χ4n) is 1.22. The Morgan fingerprint density at radius 2 is 1.82 bits per heavy atom. The topological polar surface area (TPSA) is 20.2 Å². The van der Waals surface area contributed by atoms with E-state index in [-0.39, 0.29) is 5.56 Å². The quantitative estimate of drug-likeness (QED) is 0.833. The molecule has 96 valence electrons. The van der Waals surface area contributed by atoms with E-state index >= 15 is 0 Å². The van der Waals surface area contributed by atoms with Crippen LogP contribution < -0.4 is 0 Å². The van der Waals surface area contributed by atoms with Crippen LogP contribution >= 0.6 is 11.6 Å². The zero-order valence-electron chi connectivity index (χ0n) is 8.52. The van der Waals surface area contributed by atoms with Gasteiger partial charge in [-0.15, -0.1) is 0 Å². The second-order valence-corrected chi connectivity index (χ2v) is 3.91. The molecular weight excluding hydrogens is 267 g/mol. The van der Waals surface area contributed by atoms with Crippen LogP contribution in [0.15, 0.2) is 12.1 Å². The summed E-state index contributed by atoms with van der Waals surface area (Å²) >= 11 is 5.43. The molecule has 0 radical (unpaired) electrons. The molecule has 1 nitrogen and oxygen atoms in total. The normalized spacial score (nSPS) is 14.2. The second kappa shape index (κ2) is 4.78. The summed E-state index contributed by atoms with van der Waals surface area (Å²) in [5.41, 5.74) is -0.704. The molecule has 0 aromatic heterocycles. The van der Waals surface area contributed by atoms with Gasteiger partial charge in [0.2, 0.25) is 0 Å². The van der Waals surface area contributed by atoms with Crippen LogP contribution in [0.2, 0.25) is 5.02 Å². The number of alkyl halides is 4. The van der Waals surface area contributed by atoms with E-state index in [9.17, 15) is 27.1 Å². The van der Waals surface area contributed by atoms with Crippen LogP contribution in [0, 0.1) is 12.7 Å². The lowest BCUT2D eigenvalue weighted by atomic mass is 10.0. The monoisotopic (exact) mass is 274 g/mol. The number of halogens is 6. The lowest BCUT2D eigenvalue weighted by Crippen LogP contribution is -2.34. The number of benzene rings is 1. The molecule has 17 heavy (non-hydrogen) atoms. The van der Waals surface area contributed by atoms with Crippen molar-refractivity contribution in [3.05, 3.63) is 34.1 Å². The smallest absolute Gasteiger partial charge is 0.336 e. The van der Waals surface area contributed by atoms with Crippen LogP contribution in [0.4, 0.5) is 22.0 Å². The van der Waals surface area contributed by atoms with Gasteiger partial charge in [0.1, 0.15) is 11.9 Å². The maximum Gasteiger partial charge on any atom is 0.336 e. The molecule has 7 heteroatoms. The summed E-state index contributed by atoms with van der Waals surface area (Å²) in [5, 5.41) is 8.65. The predicted octanol–water partition coefficient (Wildman–Crippen LogP) is 3.72. The van der Waals surface area contributed by atoms with Gasteiger partial charge in [0, 0.05) is 10.6 Å². The third-order valence-corrected chi connectivity index (χ3v) is 2.56. The zero-order chi connectivity index (χ0) is 13.4. The highest BCUT2D eigenvalue weighted by Gasteiger charge is 2.49. The lowest BCUT2D eigenvalue weighted by Gasteiger charge is -2.23. The van der Waals surface area contributed by atoms with E-state index in [0.29, 0.717) is 6.07 Å². The SMILES string of the molecule is Cc1cc(C(O)C(F)(F)C(F)F)c(Cl)cc1F. The highest BCUT2D eigenvalue weighted by Crippen LogP contribution is 2.39. The van der Waals surface area contributed by atoms with Crippen LogP contribution in [-0.2, 0) is 0 Å². The Bertz CT molecular complexity index is 421. The molecule has 0 amide bonds. The van der Waals surface area contributed by atoms with Crippen molar-refractivity contribution < 1.29 is 27.1 Å². The summed E-state index contributed by atoms with van der Waals surface area (Å²) in [7, 11) is 0. The summed E-state index contributed by atoms with van der Waals surface area (Å²) in [6.07, 6.45) is -6.83. The fourth-order valence-corrected chi connectivity index (χ4v) is 1.47. The van der Waals surface area contributed by atoms with Gasteiger partial charge in [0.25, 0.3) is 0 Å². The molecule has 0 saturated heterocycles. The molecule has 1 aromatic rings.